The molecule has 0 saturated heterocycles. The van der Waals surface area contributed by atoms with Crippen molar-refractivity contribution in [2.45, 2.75) is 33.4 Å². The molecule has 1 aromatic rings. The molecule has 1 N–H and O–H groups in total. The Morgan fingerprint density at radius 2 is 2.06 bits per heavy atom. The summed E-state index contributed by atoms with van der Waals surface area (Å²) in [7, 11) is 3.88. The highest BCUT2D eigenvalue weighted by Crippen LogP contribution is 2.22. The molecule has 0 spiro atoms. The van der Waals surface area contributed by atoms with Gasteiger partial charge >= 0.3 is 0 Å². The molecule has 0 amide bonds. The van der Waals surface area contributed by atoms with Gasteiger partial charge in [0.15, 0.2) is 0 Å². The number of aryl methyl sites for hydroxylation is 1. The lowest BCUT2D eigenvalue weighted by Gasteiger charge is -2.27. The molecule has 0 aliphatic rings. The van der Waals surface area contributed by atoms with E-state index in [1.165, 1.54) is 16.8 Å². The van der Waals surface area contributed by atoms with Crippen molar-refractivity contribution >= 4 is 5.69 Å². The minimum atomic E-state index is 0.505. The van der Waals surface area contributed by atoms with E-state index in [1.807, 2.05) is 0 Å². The molecule has 0 fully saturated rings. The molecular formula is C15H26N2O. The topological polar surface area (TPSA) is 24.5 Å². The molecule has 3 heteroatoms. The first-order valence-corrected chi connectivity index (χ1v) is 6.58. The number of benzene rings is 1. The second kappa shape index (κ2) is 7.39. The maximum Gasteiger partial charge on any atom is 0.0587 e. The molecule has 0 aromatic heterocycles. The van der Waals surface area contributed by atoms with Gasteiger partial charge in [-0.05, 0) is 32.4 Å². The van der Waals surface area contributed by atoms with Gasteiger partial charge in [-0.1, -0.05) is 17.7 Å². The van der Waals surface area contributed by atoms with E-state index in [9.17, 15) is 0 Å². The summed E-state index contributed by atoms with van der Waals surface area (Å²) in [4.78, 5) is 2.31. The zero-order chi connectivity index (χ0) is 13.5. The lowest BCUT2D eigenvalue weighted by atomic mass is 10.1. The smallest absolute Gasteiger partial charge is 0.0587 e. The first-order chi connectivity index (χ1) is 8.56. The van der Waals surface area contributed by atoms with E-state index < -0.39 is 0 Å². The average Bonchev–Trinajstić information content (AvgIpc) is 2.34. The van der Waals surface area contributed by atoms with Crippen LogP contribution >= 0.6 is 0 Å². The van der Waals surface area contributed by atoms with E-state index in [0.717, 1.165) is 19.7 Å². The van der Waals surface area contributed by atoms with Crippen molar-refractivity contribution in [3.63, 3.8) is 0 Å². The minimum Gasteiger partial charge on any atom is -0.383 e. The van der Waals surface area contributed by atoms with Gasteiger partial charge in [0.1, 0.15) is 0 Å². The van der Waals surface area contributed by atoms with Crippen molar-refractivity contribution in [3.05, 3.63) is 29.3 Å². The highest BCUT2D eigenvalue weighted by atomic mass is 16.5. The molecule has 0 radical (unpaired) electrons. The van der Waals surface area contributed by atoms with E-state index in [0.29, 0.717) is 6.04 Å². The van der Waals surface area contributed by atoms with Gasteiger partial charge in [-0.25, -0.2) is 0 Å². The standard InChI is InChI=1S/C15H26N2O/c1-12(2)17(4)15-7-6-13(3)10-14(15)11-16-8-9-18-5/h6-7,10,12,16H,8-9,11H2,1-5H3. The van der Waals surface area contributed by atoms with E-state index in [4.69, 9.17) is 4.74 Å². The number of methoxy groups -OCH3 is 1. The summed E-state index contributed by atoms with van der Waals surface area (Å²) in [6.45, 7) is 9.08. The number of hydrogen-bond acceptors (Lipinski definition) is 3. The normalized spacial score (nSPS) is 11.0. The van der Waals surface area contributed by atoms with Crippen molar-refractivity contribution in [1.29, 1.82) is 0 Å². The van der Waals surface area contributed by atoms with Gasteiger partial charge in [-0.15, -0.1) is 0 Å². The van der Waals surface area contributed by atoms with Crippen molar-refractivity contribution < 1.29 is 4.74 Å². The van der Waals surface area contributed by atoms with Crippen LogP contribution in [0.1, 0.15) is 25.0 Å². The van der Waals surface area contributed by atoms with Crippen molar-refractivity contribution in [1.82, 2.24) is 5.32 Å². The van der Waals surface area contributed by atoms with E-state index in [2.05, 4.69) is 56.2 Å². The average molecular weight is 250 g/mol. The number of ether oxygens (including phenoxy) is 1. The number of hydrogen-bond donors (Lipinski definition) is 1. The summed E-state index contributed by atoms with van der Waals surface area (Å²) < 4.78 is 5.05. The van der Waals surface area contributed by atoms with Crippen LogP contribution in [0.15, 0.2) is 18.2 Å². The van der Waals surface area contributed by atoms with Crippen molar-refractivity contribution in [2.24, 2.45) is 0 Å². The third-order valence-electron chi connectivity index (χ3n) is 3.19. The fraction of sp³-hybridized carbons (Fsp3) is 0.600. The van der Waals surface area contributed by atoms with Crippen LogP contribution in [0.2, 0.25) is 0 Å². The summed E-state index contributed by atoms with van der Waals surface area (Å²) in [6.07, 6.45) is 0. The van der Waals surface area contributed by atoms with Crippen LogP contribution in [0, 0.1) is 6.92 Å². The van der Waals surface area contributed by atoms with E-state index in [1.54, 1.807) is 7.11 Å². The fourth-order valence-electron chi connectivity index (χ4n) is 1.88. The van der Waals surface area contributed by atoms with Gasteiger partial charge in [-0.2, -0.15) is 0 Å². The molecule has 0 heterocycles. The summed E-state index contributed by atoms with van der Waals surface area (Å²) in [5.41, 5.74) is 3.96. The predicted octanol–water partition coefficient (Wildman–Crippen LogP) is 2.58. The molecule has 1 rings (SSSR count). The molecule has 102 valence electrons. The van der Waals surface area contributed by atoms with Crippen LogP contribution in [-0.2, 0) is 11.3 Å². The monoisotopic (exact) mass is 250 g/mol. The molecule has 1 aromatic carbocycles. The lowest BCUT2D eigenvalue weighted by Crippen LogP contribution is -2.28. The Morgan fingerprint density at radius 1 is 1.33 bits per heavy atom. The largest absolute Gasteiger partial charge is 0.383 e. The SMILES string of the molecule is COCCNCc1cc(C)ccc1N(C)C(C)C. The molecule has 18 heavy (non-hydrogen) atoms. The van der Waals surface area contributed by atoms with Crippen LogP contribution in [0.3, 0.4) is 0 Å². The Hall–Kier alpha value is -1.06. The Labute approximate surface area is 111 Å². The van der Waals surface area contributed by atoms with Crippen LogP contribution < -0.4 is 10.2 Å². The first kappa shape index (κ1) is 15.0. The van der Waals surface area contributed by atoms with Gasteiger partial charge in [0.05, 0.1) is 6.61 Å². The number of rotatable bonds is 7. The van der Waals surface area contributed by atoms with Crippen LogP contribution in [0.25, 0.3) is 0 Å². The van der Waals surface area contributed by atoms with Crippen LogP contribution in [-0.4, -0.2) is 33.4 Å². The van der Waals surface area contributed by atoms with E-state index >= 15 is 0 Å². The summed E-state index contributed by atoms with van der Waals surface area (Å²) in [6, 6.07) is 7.15. The summed E-state index contributed by atoms with van der Waals surface area (Å²) in [5, 5.41) is 3.41. The number of nitrogens with one attached hydrogen (secondary N) is 1. The Balaban J connectivity index is 2.76. The molecule has 0 unspecified atom stereocenters. The minimum absolute atomic E-state index is 0.505. The molecule has 0 atom stereocenters. The second-order valence-electron chi connectivity index (χ2n) is 5.01. The van der Waals surface area contributed by atoms with Crippen LogP contribution in [0.4, 0.5) is 5.69 Å². The second-order valence-corrected chi connectivity index (χ2v) is 5.01. The first-order valence-electron chi connectivity index (χ1n) is 6.58. The molecule has 3 nitrogen and oxygen atoms in total. The third kappa shape index (κ3) is 4.31. The highest BCUT2D eigenvalue weighted by Gasteiger charge is 2.10. The molecule has 0 aliphatic carbocycles. The predicted molar refractivity (Wildman–Crippen MR) is 78.3 cm³/mol. The lowest BCUT2D eigenvalue weighted by molar-refractivity contribution is 0.199. The number of anilines is 1. The zero-order valence-corrected chi connectivity index (χ0v) is 12.3. The molecular weight excluding hydrogens is 224 g/mol. The maximum atomic E-state index is 5.05. The Bertz CT molecular complexity index is 364. The van der Waals surface area contributed by atoms with Crippen LogP contribution in [0.5, 0.6) is 0 Å². The van der Waals surface area contributed by atoms with Crippen molar-refractivity contribution in [3.8, 4) is 0 Å². The summed E-state index contributed by atoms with van der Waals surface area (Å²) >= 11 is 0. The zero-order valence-electron chi connectivity index (χ0n) is 12.3. The van der Waals surface area contributed by atoms with Gasteiger partial charge in [0.2, 0.25) is 0 Å². The molecule has 0 bridgehead atoms. The third-order valence-corrected chi connectivity index (χ3v) is 3.19. The highest BCUT2D eigenvalue weighted by molar-refractivity contribution is 5.55. The fourth-order valence-corrected chi connectivity index (χ4v) is 1.88. The quantitative estimate of drug-likeness (QED) is 0.753. The maximum absolute atomic E-state index is 5.05. The molecule has 0 aliphatic heterocycles. The van der Waals surface area contributed by atoms with Gasteiger partial charge in [0.25, 0.3) is 0 Å². The van der Waals surface area contributed by atoms with Crippen molar-refractivity contribution in [2.75, 3.05) is 32.2 Å². The Kier molecular flexibility index (Phi) is 6.16. The molecule has 0 saturated carbocycles. The Morgan fingerprint density at radius 3 is 2.67 bits per heavy atom. The summed E-state index contributed by atoms with van der Waals surface area (Å²) in [5.74, 6) is 0. The van der Waals surface area contributed by atoms with Gasteiger partial charge < -0.3 is 15.0 Å². The van der Waals surface area contributed by atoms with E-state index in [-0.39, 0.29) is 0 Å². The number of nitrogens with zero attached hydrogens (tertiary/aromatic N) is 1. The van der Waals surface area contributed by atoms with Gasteiger partial charge in [0, 0.05) is 39.0 Å². The van der Waals surface area contributed by atoms with Gasteiger partial charge in [-0.3, -0.25) is 0 Å².